The minimum atomic E-state index is -2.35. The van der Waals surface area contributed by atoms with Crippen molar-refractivity contribution in [3.05, 3.63) is 12.2 Å². The Balaban J connectivity index is 1.15. The van der Waals surface area contributed by atoms with Gasteiger partial charge in [0.05, 0.1) is 58.4 Å². The Labute approximate surface area is 694 Å². The molecule has 118 heavy (non-hydrogen) atoms. The van der Waals surface area contributed by atoms with Crippen molar-refractivity contribution < 1.29 is 163 Å². The molecule has 21 N–H and O–H groups in total. The second kappa shape index (κ2) is 56.8. The van der Waals surface area contributed by atoms with Crippen LogP contribution in [-0.2, 0) is 71.2 Å². The van der Waals surface area contributed by atoms with E-state index in [-0.39, 0.29) is 12.3 Å². The summed E-state index contributed by atoms with van der Waals surface area (Å²) in [5.74, 6) is -2.08. The highest BCUT2D eigenvalue weighted by Crippen LogP contribution is 2.39. The lowest BCUT2D eigenvalue weighted by atomic mass is 9.93. The molecule has 6 fully saturated rings. The Morgan fingerprint density at radius 2 is 0.653 bits per heavy atom. The van der Waals surface area contributed by atoms with Gasteiger partial charge in [0.15, 0.2) is 37.7 Å². The third-order valence-electron chi connectivity index (χ3n) is 23.2. The second-order valence-corrected chi connectivity index (χ2v) is 32.8. The van der Waals surface area contributed by atoms with Crippen molar-refractivity contribution in [2.75, 3.05) is 46.2 Å². The maximum absolute atomic E-state index is 13.7. The fourth-order valence-electron chi connectivity index (χ4n) is 16.2. The molecule has 0 aromatic heterocycles. The summed E-state index contributed by atoms with van der Waals surface area (Å²) in [7, 11) is 0. The summed E-state index contributed by atoms with van der Waals surface area (Å²) in [6, 6.07) is -4.75. The number of carbonyl (C=O) groups is 3. The number of allylic oxidation sites excluding steroid dienone is 1. The molecule has 0 bridgehead atoms. The maximum atomic E-state index is 13.7. The van der Waals surface area contributed by atoms with Gasteiger partial charge in [0.1, 0.15) is 146 Å². The molecule has 0 aliphatic carbocycles. The van der Waals surface area contributed by atoms with Crippen LogP contribution in [0.4, 0.5) is 0 Å². The highest BCUT2D eigenvalue weighted by Gasteiger charge is 2.59. The van der Waals surface area contributed by atoms with Gasteiger partial charge in [-0.2, -0.15) is 0 Å². The number of hydrogen-bond donors (Lipinski definition) is 21. The van der Waals surface area contributed by atoms with E-state index in [9.17, 15) is 106 Å². The van der Waals surface area contributed by atoms with Gasteiger partial charge in [0, 0.05) is 20.3 Å². The molecule has 6 aliphatic rings. The van der Waals surface area contributed by atoms with Crippen molar-refractivity contribution in [2.45, 2.75) is 442 Å². The van der Waals surface area contributed by atoms with Crippen molar-refractivity contribution in [3.63, 3.8) is 0 Å². The van der Waals surface area contributed by atoms with Gasteiger partial charge in [0.25, 0.3) is 0 Å². The van der Waals surface area contributed by atoms with Gasteiger partial charge >= 0.3 is 0 Å². The number of ether oxygens (including phenoxy) is 12. The van der Waals surface area contributed by atoms with Gasteiger partial charge in [-0.1, -0.05) is 219 Å². The molecule has 0 aromatic rings. The van der Waals surface area contributed by atoms with Crippen molar-refractivity contribution >= 4 is 17.7 Å². The predicted octanol–water partition coefficient (Wildman–Crippen LogP) is -0.0834. The van der Waals surface area contributed by atoms with Gasteiger partial charge in [-0.25, -0.2) is 0 Å². The average Bonchev–Trinajstić information content (AvgIpc) is 0.763. The van der Waals surface area contributed by atoms with E-state index in [1.165, 1.54) is 148 Å². The molecule has 6 aliphatic heterocycles. The first-order chi connectivity index (χ1) is 56.8. The van der Waals surface area contributed by atoms with Crippen LogP contribution in [0.15, 0.2) is 12.2 Å². The van der Waals surface area contributed by atoms with E-state index < -0.39 is 254 Å². The van der Waals surface area contributed by atoms with Crippen molar-refractivity contribution in [2.24, 2.45) is 0 Å². The van der Waals surface area contributed by atoms with Gasteiger partial charge < -0.3 is 165 Å². The average molecular weight is 1710 g/mol. The van der Waals surface area contributed by atoms with Crippen molar-refractivity contribution in [1.82, 2.24) is 16.0 Å². The maximum Gasteiger partial charge on any atom is 0.220 e. The second-order valence-electron chi connectivity index (χ2n) is 32.8. The molecule has 690 valence electrons. The van der Waals surface area contributed by atoms with E-state index in [0.717, 1.165) is 65.2 Å². The SMILES string of the molecule is CCCCCCCCCCCCC/C=C/[C@@H](O)[C@H](CO[C@@H]1OC(CO)[C@@H](O[C@@H]2OC(CO)[C@H](O[C@@H]3OC(CO)[C@H](O)[C@H](O)C3NC(C)=O)[C@H](O[C@@H]3OC(CO)[C@@H](O[C@@H]4OC(CO)[C@H](O)[C@H](O[C@H]5OC(CO)[C@H](O)[C@H](O)C5O)C4O)[C@H](O)C3NC(C)=O)C2O)[C@H](O)C1O)NC(=O)CCCCCCCCCCCCCCCCCCCCCCC. The van der Waals surface area contributed by atoms with Crippen molar-refractivity contribution in [1.29, 1.82) is 0 Å². The number of aliphatic hydroxyl groups excluding tert-OH is 18. The Bertz CT molecular complexity index is 2710. The molecule has 6 rings (SSSR count). The number of amides is 3. The highest BCUT2D eigenvalue weighted by atomic mass is 16.8. The molecular weight excluding hydrogens is 1550 g/mol. The Kier molecular flexibility index (Phi) is 50.0. The number of aliphatic hydroxyl groups is 18. The quantitative estimate of drug-likeness (QED) is 0.0280. The van der Waals surface area contributed by atoms with Crippen LogP contribution in [0.2, 0.25) is 0 Å². The van der Waals surface area contributed by atoms with E-state index in [1.54, 1.807) is 6.08 Å². The van der Waals surface area contributed by atoms with Crippen LogP contribution in [0, 0.1) is 0 Å². The minimum Gasteiger partial charge on any atom is -0.394 e. The fourth-order valence-corrected chi connectivity index (χ4v) is 16.2. The van der Waals surface area contributed by atoms with Gasteiger partial charge in [-0.05, 0) is 19.3 Å². The Hall–Kier alpha value is -3.05. The number of carbonyl (C=O) groups excluding carboxylic acids is 3. The molecular formula is C82H149N3O33. The molecule has 36 nitrogen and oxygen atoms in total. The first kappa shape index (κ1) is 104. The lowest BCUT2D eigenvalue weighted by molar-refractivity contribution is -0.397. The van der Waals surface area contributed by atoms with Crippen molar-refractivity contribution in [3.8, 4) is 0 Å². The largest absolute Gasteiger partial charge is 0.394 e. The first-order valence-corrected chi connectivity index (χ1v) is 44.0. The summed E-state index contributed by atoms with van der Waals surface area (Å²) in [4.78, 5) is 39.5. The Morgan fingerprint density at radius 1 is 0.331 bits per heavy atom. The molecule has 6 saturated heterocycles. The molecule has 3 amide bonds. The lowest BCUT2D eigenvalue weighted by Gasteiger charge is -2.51. The van der Waals surface area contributed by atoms with Crippen LogP contribution < -0.4 is 16.0 Å². The minimum absolute atomic E-state index is 0.151. The normalized spacial score (nSPS) is 35.9. The fraction of sp³-hybridized carbons (Fsp3) is 0.939. The van der Waals surface area contributed by atoms with Crippen LogP contribution in [0.1, 0.15) is 246 Å². The van der Waals surface area contributed by atoms with Crippen LogP contribution in [0.3, 0.4) is 0 Å². The van der Waals surface area contributed by atoms with Gasteiger partial charge in [0.2, 0.25) is 17.7 Å². The number of unbranched alkanes of at least 4 members (excludes halogenated alkanes) is 31. The standard InChI is InChI=1S/C82H149N3O33/c1-5-7-9-11-13-15-17-19-20-21-22-23-24-25-26-28-30-32-34-36-38-40-58(95)85-50(51(94)39-37-35-33-31-29-27-18-16-14-12-10-8-6-2)47-107-79-69(104)67(102)73(56(45-90)112-79)115-82-71(106)76(74(57(46-91)113-82)116-77-59(83-48(3)92)64(99)61(96)52(41-86)108-77)118-78-60(84-49(4)93)65(100)72(55(44-89)111-78)114-81-70(105)75(63(98)54(43-88)110-81)117-80-68(103)66(101)62(97)53(42-87)109-80/h37,39,50-57,59-82,86-91,94,96-106H,5-36,38,40-47H2,1-4H3,(H,83,92)(H,84,93)(H,85,95)/b39-37+/t50-,51+,52?,53?,54?,55?,56?,57?,59?,60?,61-,62-,63-,64+,65+,66-,67+,68?,69?,70?,71?,72+,73+,74-,75-,76+,77-,78-,79+,80+,81-,82-/m0/s1. The van der Waals surface area contributed by atoms with Crippen LogP contribution in [0.25, 0.3) is 0 Å². The molecule has 0 spiro atoms. The van der Waals surface area contributed by atoms with Gasteiger partial charge in [-0.15, -0.1) is 0 Å². The zero-order valence-corrected chi connectivity index (χ0v) is 69.8. The van der Waals surface area contributed by atoms with Gasteiger partial charge in [-0.3, -0.25) is 14.4 Å². The van der Waals surface area contributed by atoms with Crippen LogP contribution >= 0.6 is 0 Å². The zero-order valence-electron chi connectivity index (χ0n) is 69.8. The first-order valence-electron chi connectivity index (χ1n) is 44.0. The molecule has 0 saturated carbocycles. The molecule has 0 aromatic carbocycles. The summed E-state index contributed by atoms with van der Waals surface area (Å²) in [5.41, 5.74) is 0. The van der Waals surface area contributed by atoms with E-state index in [2.05, 4.69) is 29.8 Å². The summed E-state index contributed by atoms with van der Waals surface area (Å²) in [5, 5.41) is 209. The third-order valence-corrected chi connectivity index (χ3v) is 23.2. The summed E-state index contributed by atoms with van der Waals surface area (Å²) < 4.78 is 72.1. The number of rotatable bonds is 58. The zero-order chi connectivity index (χ0) is 86.2. The van der Waals surface area contributed by atoms with Crippen LogP contribution in [-0.4, -0.2) is 352 Å². The number of nitrogens with one attached hydrogen (secondary N) is 3. The monoisotopic (exact) mass is 1700 g/mol. The third kappa shape index (κ3) is 32.7. The van der Waals surface area contributed by atoms with E-state index in [4.69, 9.17) is 56.8 Å². The molecule has 6 heterocycles. The molecule has 36 heteroatoms. The summed E-state index contributed by atoms with van der Waals surface area (Å²) in [6.07, 6.45) is -13.8. The Morgan fingerprint density at radius 3 is 1.10 bits per heavy atom. The summed E-state index contributed by atoms with van der Waals surface area (Å²) >= 11 is 0. The number of hydrogen-bond acceptors (Lipinski definition) is 33. The molecule has 0 radical (unpaired) electrons. The van der Waals surface area contributed by atoms with E-state index in [1.807, 2.05) is 6.08 Å². The molecule has 12 unspecified atom stereocenters. The van der Waals surface area contributed by atoms with Crippen LogP contribution in [0.5, 0.6) is 0 Å². The lowest BCUT2D eigenvalue weighted by Crippen LogP contribution is -2.71. The molecule has 32 atom stereocenters. The smallest absolute Gasteiger partial charge is 0.220 e. The predicted molar refractivity (Wildman–Crippen MR) is 421 cm³/mol. The summed E-state index contributed by atoms with van der Waals surface area (Å²) in [6.45, 7) is -0.114. The van der Waals surface area contributed by atoms with E-state index >= 15 is 0 Å². The van der Waals surface area contributed by atoms with E-state index in [0.29, 0.717) is 12.8 Å². The topological polar surface area (TPSA) is 562 Å². The highest BCUT2D eigenvalue weighted by molar-refractivity contribution is 5.76.